The number of methoxy groups -OCH3 is 1. The van der Waals surface area contributed by atoms with Gasteiger partial charge in [0.1, 0.15) is 5.75 Å². The van der Waals surface area contributed by atoms with Crippen molar-refractivity contribution in [1.82, 2.24) is 0 Å². The molecule has 0 spiro atoms. The Morgan fingerprint density at radius 1 is 1.13 bits per heavy atom. The summed E-state index contributed by atoms with van der Waals surface area (Å²) in [7, 11) is 1.46. The van der Waals surface area contributed by atoms with Crippen LogP contribution in [0.15, 0.2) is 42.5 Å². The summed E-state index contributed by atoms with van der Waals surface area (Å²) in [6.45, 7) is 0. The second-order valence-electron chi connectivity index (χ2n) is 4.55. The highest BCUT2D eigenvalue weighted by Crippen LogP contribution is 2.31. The fourth-order valence-electron chi connectivity index (χ4n) is 1.86. The van der Waals surface area contributed by atoms with E-state index in [0.29, 0.717) is 16.5 Å². The summed E-state index contributed by atoms with van der Waals surface area (Å²) in [4.78, 5) is 0. The first-order valence-electron chi connectivity index (χ1n) is 6.43. The van der Waals surface area contributed by atoms with Crippen molar-refractivity contribution in [2.75, 3.05) is 17.7 Å². The van der Waals surface area contributed by atoms with Gasteiger partial charge in [0, 0.05) is 10.7 Å². The number of alkyl halides is 3. The van der Waals surface area contributed by atoms with E-state index in [0.717, 1.165) is 12.1 Å². The molecule has 0 aliphatic rings. The number of halogens is 4. The molecule has 0 atom stereocenters. The molecule has 0 amide bonds. The Morgan fingerprint density at radius 3 is 2.52 bits per heavy atom. The van der Waals surface area contributed by atoms with Crippen molar-refractivity contribution in [2.24, 2.45) is 0 Å². The van der Waals surface area contributed by atoms with Crippen LogP contribution in [0.25, 0.3) is 0 Å². The van der Waals surface area contributed by atoms with Crippen LogP contribution in [-0.2, 0) is 6.18 Å². The van der Waals surface area contributed by atoms with Crippen molar-refractivity contribution in [2.45, 2.75) is 6.18 Å². The number of anilines is 2. The van der Waals surface area contributed by atoms with Gasteiger partial charge < -0.3 is 15.4 Å². The summed E-state index contributed by atoms with van der Waals surface area (Å²) in [5.41, 5.74) is -0.238. The molecule has 0 saturated heterocycles. The number of rotatable bonds is 3. The van der Waals surface area contributed by atoms with E-state index in [1.807, 2.05) is 0 Å². The molecule has 2 rings (SSSR count). The highest BCUT2D eigenvalue weighted by Gasteiger charge is 2.30. The Balaban J connectivity index is 2.13. The third-order valence-corrected chi connectivity index (χ3v) is 3.12. The van der Waals surface area contributed by atoms with Crippen molar-refractivity contribution < 1.29 is 17.9 Å². The molecule has 0 saturated carbocycles. The highest BCUT2D eigenvalue weighted by molar-refractivity contribution is 6.31. The van der Waals surface area contributed by atoms with Gasteiger partial charge in [-0.2, -0.15) is 13.2 Å². The normalized spacial score (nSPS) is 11.0. The fourth-order valence-corrected chi connectivity index (χ4v) is 2.03. The van der Waals surface area contributed by atoms with Crippen LogP contribution in [0.1, 0.15) is 5.56 Å². The van der Waals surface area contributed by atoms with Gasteiger partial charge in [0.15, 0.2) is 5.96 Å². The molecule has 0 heterocycles. The fraction of sp³-hybridized carbons (Fsp3) is 0.133. The van der Waals surface area contributed by atoms with Crippen molar-refractivity contribution in [1.29, 1.82) is 5.41 Å². The van der Waals surface area contributed by atoms with Crippen molar-refractivity contribution in [3.63, 3.8) is 0 Å². The number of hydrogen-bond donors (Lipinski definition) is 3. The lowest BCUT2D eigenvalue weighted by atomic mass is 10.2. The number of guanidine groups is 1. The van der Waals surface area contributed by atoms with E-state index in [2.05, 4.69) is 10.6 Å². The molecule has 122 valence electrons. The first kappa shape index (κ1) is 17.0. The molecular formula is C15H13ClF3N3O. The summed E-state index contributed by atoms with van der Waals surface area (Å²) in [5, 5.41) is 13.5. The zero-order chi connectivity index (χ0) is 17.0. The lowest BCUT2D eigenvalue weighted by Crippen LogP contribution is -2.21. The van der Waals surface area contributed by atoms with Crippen molar-refractivity contribution in [3.05, 3.63) is 53.1 Å². The maximum Gasteiger partial charge on any atom is 0.416 e. The van der Waals surface area contributed by atoms with Gasteiger partial charge in [-0.05, 0) is 36.4 Å². The molecule has 2 aromatic rings. The molecule has 0 fully saturated rings. The first-order chi connectivity index (χ1) is 10.8. The van der Waals surface area contributed by atoms with Gasteiger partial charge in [0.25, 0.3) is 0 Å². The Kier molecular flexibility index (Phi) is 5.00. The van der Waals surface area contributed by atoms with Crippen molar-refractivity contribution >= 4 is 28.9 Å². The quantitative estimate of drug-likeness (QED) is 0.553. The molecule has 0 radical (unpaired) electrons. The van der Waals surface area contributed by atoms with Crippen LogP contribution < -0.4 is 15.4 Å². The van der Waals surface area contributed by atoms with E-state index in [4.69, 9.17) is 21.7 Å². The minimum Gasteiger partial charge on any atom is -0.495 e. The predicted molar refractivity (Wildman–Crippen MR) is 84.4 cm³/mol. The van der Waals surface area contributed by atoms with E-state index in [-0.39, 0.29) is 11.6 Å². The summed E-state index contributed by atoms with van der Waals surface area (Å²) < 4.78 is 43.1. The van der Waals surface area contributed by atoms with E-state index >= 15 is 0 Å². The van der Waals surface area contributed by atoms with E-state index in [1.54, 1.807) is 18.2 Å². The average molecular weight is 344 g/mol. The minimum atomic E-state index is -4.44. The maximum absolute atomic E-state index is 12.7. The Hall–Kier alpha value is -2.41. The van der Waals surface area contributed by atoms with Gasteiger partial charge >= 0.3 is 6.18 Å². The molecule has 0 aromatic heterocycles. The second-order valence-corrected chi connectivity index (χ2v) is 4.98. The van der Waals surface area contributed by atoms with Gasteiger partial charge in [-0.3, -0.25) is 5.41 Å². The third kappa shape index (κ3) is 4.53. The molecule has 2 aromatic carbocycles. The Morgan fingerprint density at radius 2 is 1.87 bits per heavy atom. The smallest absolute Gasteiger partial charge is 0.416 e. The zero-order valence-electron chi connectivity index (χ0n) is 12.0. The zero-order valence-corrected chi connectivity index (χ0v) is 12.7. The molecule has 4 nitrogen and oxygen atoms in total. The Labute approximate surface area is 135 Å². The second kappa shape index (κ2) is 6.78. The molecule has 0 aliphatic carbocycles. The van der Waals surface area contributed by atoms with Crippen LogP contribution in [0.2, 0.25) is 5.02 Å². The van der Waals surface area contributed by atoms with Gasteiger partial charge in [0.05, 0.1) is 18.4 Å². The van der Waals surface area contributed by atoms with Gasteiger partial charge in [0.2, 0.25) is 0 Å². The lowest BCUT2D eigenvalue weighted by Gasteiger charge is -2.14. The average Bonchev–Trinajstić information content (AvgIpc) is 2.46. The minimum absolute atomic E-state index is 0.137. The highest BCUT2D eigenvalue weighted by atomic mass is 35.5. The van der Waals surface area contributed by atoms with Crippen LogP contribution in [0.4, 0.5) is 24.5 Å². The van der Waals surface area contributed by atoms with E-state index < -0.39 is 11.7 Å². The number of hydrogen-bond acceptors (Lipinski definition) is 2. The number of ether oxygens (including phenoxy) is 1. The van der Waals surface area contributed by atoms with Crippen LogP contribution in [0.5, 0.6) is 5.75 Å². The molecule has 3 N–H and O–H groups in total. The topological polar surface area (TPSA) is 57.1 Å². The summed E-state index contributed by atoms with van der Waals surface area (Å²) in [6, 6.07) is 9.35. The lowest BCUT2D eigenvalue weighted by molar-refractivity contribution is -0.137. The van der Waals surface area contributed by atoms with Crippen LogP contribution in [0, 0.1) is 5.41 Å². The number of benzene rings is 2. The number of nitrogens with one attached hydrogen (secondary N) is 3. The van der Waals surface area contributed by atoms with Gasteiger partial charge in [-0.25, -0.2) is 0 Å². The van der Waals surface area contributed by atoms with Gasteiger partial charge in [-0.1, -0.05) is 17.7 Å². The van der Waals surface area contributed by atoms with Crippen molar-refractivity contribution in [3.8, 4) is 5.75 Å². The SMILES string of the molecule is COc1ccc(Cl)cc1NC(=N)Nc1cccc(C(F)(F)F)c1. The summed E-state index contributed by atoms with van der Waals surface area (Å²) in [6.07, 6.45) is -4.44. The van der Waals surface area contributed by atoms with Crippen LogP contribution >= 0.6 is 11.6 Å². The summed E-state index contributed by atoms with van der Waals surface area (Å²) >= 11 is 5.88. The maximum atomic E-state index is 12.7. The van der Waals surface area contributed by atoms with Crippen LogP contribution in [-0.4, -0.2) is 13.1 Å². The summed E-state index contributed by atoms with van der Waals surface area (Å²) in [5.74, 6) is 0.231. The van der Waals surface area contributed by atoms with E-state index in [1.165, 1.54) is 19.2 Å². The molecule has 0 bridgehead atoms. The largest absolute Gasteiger partial charge is 0.495 e. The van der Waals surface area contributed by atoms with Gasteiger partial charge in [-0.15, -0.1) is 0 Å². The predicted octanol–water partition coefficient (Wildman–Crippen LogP) is 4.83. The molecule has 8 heteroatoms. The van der Waals surface area contributed by atoms with E-state index in [9.17, 15) is 13.2 Å². The molecule has 23 heavy (non-hydrogen) atoms. The standard InChI is InChI=1S/C15H13ClF3N3O/c1-23-13-6-5-10(16)8-12(13)22-14(20)21-11-4-2-3-9(7-11)15(17,18)19/h2-8H,1H3,(H3,20,21,22). The molecular weight excluding hydrogens is 331 g/mol. The first-order valence-corrected chi connectivity index (χ1v) is 6.81. The molecule has 0 aliphatic heterocycles. The monoisotopic (exact) mass is 343 g/mol. The Bertz CT molecular complexity index is 719. The van der Waals surface area contributed by atoms with Crippen LogP contribution in [0.3, 0.4) is 0 Å². The third-order valence-electron chi connectivity index (χ3n) is 2.88. The molecule has 0 unspecified atom stereocenters.